The highest BCUT2D eigenvalue weighted by molar-refractivity contribution is 7.99. The average molecular weight is 244 g/mol. The molecule has 1 atom stereocenters. The van der Waals surface area contributed by atoms with Crippen molar-refractivity contribution in [1.82, 2.24) is 15.3 Å². The number of nitrogens with one attached hydrogen (secondary N) is 1. The van der Waals surface area contributed by atoms with Crippen LogP contribution in [0.2, 0.25) is 5.15 Å². The van der Waals surface area contributed by atoms with Crippen molar-refractivity contribution in [3.63, 3.8) is 0 Å². The predicted molar refractivity (Wildman–Crippen MR) is 63.5 cm³/mol. The summed E-state index contributed by atoms with van der Waals surface area (Å²) in [4.78, 5) is 8.46. The van der Waals surface area contributed by atoms with E-state index < -0.39 is 0 Å². The first kappa shape index (κ1) is 11.2. The first-order valence-corrected chi connectivity index (χ1v) is 6.47. The van der Waals surface area contributed by atoms with Gasteiger partial charge in [-0.25, -0.2) is 9.97 Å². The second-order valence-corrected chi connectivity index (χ2v) is 5.08. The number of hydrogen-bond donors (Lipinski definition) is 1. The number of hydrogen-bond acceptors (Lipinski definition) is 4. The molecule has 5 heteroatoms. The van der Waals surface area contributed by atoms with E-state index in [1.54, 1.807) is 18.0 Å². The van der Waals surface area contributed by atoms with E-state index in [0.717, 1.165) is 23.0 Å². The number of thioether (sulfide) groups is 1. The number of nitrogens with zero attached hydrogens (tertiary/aromatic N) is 2. The molecule has 0 bridgehead atoms. The average Bonchev–Trinajstić information content (AvgIpc) is 2.73. The van der Waals surface area contributed by atoms with Crippen LogP contribution in [0.4, 0.5) is 0 Å². The third-order valence-electron chi connectivity index (χ3n) is 2.46. The van der Waals surface area contributed by atoms with E-state index in [-0.39, 0.29) is 0 Å². The Balaban J connectivity index is 1.90. The second-order valence-electron chi connectivity index (χ2n) is 3.73. The molecule has 1 aromatic rings. The van der Waals surface area contributed by atoms with Crippen LogP contribution < -0.4 is 5.32 Å². The summed E-state index contributed by atoms with van der Waals surface area (Å²) >= 11 is 7.60. The van der Waals surface area contributed by atoms with Gasteiger partial charge in [-0.3, -0.25) is 0 Å². The maximum atomic E-state index is 5.93. The predicted octanol–water partition coefficient (Wildman–Crippen LogP) is 2.28. The smallest absolute Gasteiger partial charge is 0.189 e. The molecule has 1 aliphatic rings. The Labute approximate surface area is 99.0 Å². The highest BCUT2D eigenvalue weighted by Gasteiger charge is 2.14. The van der Waals surface area contributed by atoms with E-state index in [1.165, 1.54) is 12.8 Å². The summed E-state index contributed by atoms with van der Waals surface area (Å²) in [5.41, 5.74) is 0.931. The molecule has 2 rings (SSSR count). The third kappa shape index (κ3) is 3.06. The van der Waals surface area contributed by atoms with Gasteiger partial charge in [-0.15, -0.1) is 0 Å². The second kappa shape index (κ2) is 5.14. The van der Waals surface area contributed by atoms with Crippen LogP contribution >= 0.6 is 23.4 Å². The number of aromatic nitrogens is 2. The van der Waals surface area contributed by atoms with Crippen LogP contribution in [-0.2, 0) is 0 Å². The molecule has 0 aliphatic carbocycles. The van der Waals surface area contributed by atoms with Gasteiger partial charge in [-0.05, 0) is 26.3 Å². The number of rotatable bonds is 3. The fourth-order valence-electron chi connectivity index (χ4n) is 1.55. The molecular weight excluding hydrogens is 230 g/mol. The molecule has 1 aromatic heterocycles. The van der Waals surface area contributed by atoms with Crippen molar-refractivity contribution >= 4 is 23.4 Å². The normalized spacial score (nSPS) is 20.8. The van der Waals surface area contributed by atoms with E-state index >= 15 is 0 Å². The van der Waals surface area contributed by atoms with Crippen LogP contribution in [-0.4, -0.2) is 28.3 Å². The Morgan fingerprint density at radius 1 is 1.67 bits per heavy atom. The Morgan fingerprint density at radius 3 is 3.20 bits per heavy atom. The van der Waals surface area contributed by atoms with Gasteiger partial charge in [0.05, 0.1) is 0 Å². The fourth-order valence-corrected chi connectivity index (χ4v) is 2.65. The van der Waals surface area contributed by atoms with Gasteiger partial charge >= 0.3 is 0 Å². The molecule has 0 spiro atoms. The van der Waals surface area contributed by atoms with Crippen molar-refractivity contribution in [2.45, 2.75) is 31.0 Å². The molecule has 1 N–H and O–H groups in total. The molecule has 0 saturated carbocycles. The molecule has 0 radical (unpaired) electrons. The third-order valence-corrected chi connectivity index (χ3v) is 3.87. The van der Waals surface area contributed by atoms with Gasteiger partial charge in [0.25, 0.3) is 0 Å². The van der Waals surface area contributed by atoms with Crippen LogP contribution in [0.3, 0.4) is 0 Å². The largest absolute Gasteiger partial charge is 0.313 e. The van der Waals surface area contributed by atoms with Gasteiger partial charge in [-0.2, -0.15) is 0 Å². The fraction of sp³-hybridized carbons (Fsp3) is 0.600. The van der Waals surface area contributed by atoms with E-state index in [2.05, 4.69) is 15.3 Å². The summed E-state index contributed by atoms with van der Waals surface area (Å²) in [6.07, 6.45) is 4.31. The van der Waals surface area contributed by atoms with Crippen molar-refractivity contribution in [1.29, 1.82) is 0 Å². The van der Waals surface area contributed by atoms with Crippen LogP contribution in [0.25, 0.3) is 0 Å². The molecule has 15 heavy (non-hydrogen) atoms. The molecule has 0 amide bonds. The zero-order valence-electron chi connectivity index (χ0n) is 8.66. The monoisotopic (exact) mass is 243 g/mol. The molecule has 0 aromatic carbocycles. The summed E-state index contributed by atoms with van der Waals surface area (Å²) in [7, 11) is 0. The minimum absolute atomic E-state index is 0.562. The Morgan fingerprint density at radius 2 is 2.53 bits per heavy atom. The van der Waals surface area contributed by atoms with E-state index in [0.29, 0.717) is 11.2 Å². The molecule has 1 saturated heterocycles. The molecule has 0 unspecified atom stereocenters. The number of halogens is 1. The minimum atomic E-state index is 0.562. The topological polar surface area (TPSA) is 37.8 Å². The highest BCUT2D eigenvalue weighted by atomic mass is 35.5. The standard InChI is InChI=1S/C10H14ClN3S/c1-7-5-13-10(14-9(7)11)15-6-8-3-2-4-12-8/h5,8,12H,2-4,6H2,1H3/t8-/m1/s1. The van der Waals surface area contributed by atoms with Crippen LogP contribution in [0, 0.1) is 6.92 Å². The molecule has 3 nitrogen and oxygen atoms in total. The van der Waals surface area contributed by atoms with Gasteiger partial charge in [-0.1, -0.05) is 23.4 Å². The summed E-state index contributed by atoms with van der Waals surface area (Å²) in [6.45, 7) is 3.05. The zero-order chi connectivity index (χ0) is 10.7. The first-order chi connectivity index (χ1) is 7.25. The van der Waals surface area contributed by atoms with Gasteiger partial charge in [0.15, 0.2) is 5.16 Å². The maximum absolute atomic E-state index is 5.93. The molecular formula is C10H14ClN3S. The first-order valence-electron chi connectivity index (χ1n) is 5.11. The van der Waals surface area contributed by atoms with E-state index in [4.69, 9.17) is 11.6 Å². The Kier molecular flexibility index (Phi) is 3.83. The van der Waals surface area contributed by atoms with Crippen molar-refractivity contribution < 1.29 is 0 Å². The van der Waals surface area contributed by atoms with Crippen molar-refractivity contribution in [3.05, 3.63) is 16.9 Å². The van der Waals surface area contributed by atoms with Gasteiger partial charge in [0.1, 0.15) is 5.15 Å². The van der Waals surface area contributed by atoms with Gasteiger partial charge in [0, 0.05) is 23.6 Å². The van der Waals surface area contributed by atoms with E-state index in [9.17, 15) is 0 Å². The lowest BCUT2D eigenvalue weighted by Gasteiger charge is -2.08. The van der Waals surface area contributed by atoms with Gasteiger partial charge < -0.3 is 5.32 Å². The highest BCUT2D eigenvalue weighted by Crippen LogP contribution is 2.20. The summed E-state index contributed by atoms with van der Waals surface area (Å²) in [6, 6.07) is 0.610. The molecule has 2 heterocycles. The van der Waals surface area contributed by atoms with Crippen molar-refractivity contribution in [2.75, 3.05) is 12.3 Å². The summed E-state index contributed by atoms with van der Waals surface area (Å²) < 4.78 is 0. The van der Waals surface area contributed by atoms with Crippen LogP contribution in [0.5, 0.6) is 0 Å². The van der Waals surface area contributed by atoms with Gasteiger partial charge in [0.2, 0.25) is 0 Å². The van der Waals surface area contributed by atoms with Crippen molar-refractivity contribution in [3.8, 4) is 0 Å². The lowest BCUT2D eigenvalue weighted by atomic mass is 10.3. The molecule has 82 valence electrons. The van der Waals surface area contributed by atoms with Crippen LogP contribution in [0.15, 0.2) is 11.4 Å². The lowest BCUT2D eigenvalue weighted by Crippen LogP contribution is -2.23. The maximum Gasteiger partial charge on any atom is 0.189 e. The summed E-state index contributed by atoms with van der Waals surface area (Å²) in [5, 5.41) is 4.78. The molecule has 1 aliphatic heterocycles. The lowest BCUT2D eigenvalue weighted by molar-refractivity contribution is 0.673. The quantitative estimate of drug-likeness (QED) is 0.502. The Hall–Kier alpha value is -0.320. The van der Waals surface area contributed by atoms with E-state index in [1.807, 2.05) is 6.92 Å². The zero-order valence-corrected chi connectivity index (χ0v) is 10.2. The number of aryl methyl sites for hydroxylation is 1. The van der Waals surface area contributed by atoms with Crippen molar-refractivity contribution in [2.24, 2.45) is 0 Å². The van der Waals surface area contributed by atoms with Crippen LogP contribution in [0.1, 0.15) is 18.4 Å². The summed E-state index contributed by atoms with van der Waals surface area (Å²) in [5.74, 6) is 1.03. The SMILES string of the molecule is Cc1cnc(SC[C@H]2CCCN2)nc1Cl. The molecule has 1 fully saturated rings. The minimum Gasteiger partial charge on any atom is -0.313 e. The Bertz CT molecular complexity index is 339.